The van der Waals surface area contributed by atoms with Gasteiger partial charge in [0.25, 0.3) is 0 Å². The number of benzene rings is 1. The predicted molar refractivity (Wildman–Crippen MR) is 97.0 cm³/mol. The summed E-state index contributed by atoms with van der Waals surface area (Å²) in [4.78, 5) is 9.54. The molecule has 0 atom stereocenters. The van der Waals surface area contributed by atoms with Crippen molar-refractivity contribution in [2.45, 2.75) is 13.5 Å². The molecule has 2 aromatic heterocycles. The summed E-state index contributed by atoms with van der Waals surface area (Å²) in [6, 6.07) is 12.2. The number of piperazine rings is 1. The lowest BCUT2D eigenvalue weighted by atomic mass is 10.2. The fourth-order valence-electron chi connectivity index (χ4n) is 3.24. The quantitative estimate of drug-likeness (QED) is 0.729. The van der Waals surface area contributed by atoms with E-state index in [9.17, 15) is 0 Å². The van der Waals surface area contributed by atoms with E-state index in [1.54, 1.807) is 7.11 Å². The molecule has 4 rings (SSSR count). The van der Waals surface area contributed by atoms with Crippen molar-refractivity contribution in [2.75, 3.05) is 38.2 Å². The Morgan fingerprint density at radius 2 is 1.92 bits per heavy atom. The van der Waals surface area contributed by atoms with Crippen LogP contribution >= 0.6 is 0 Å². The van der Waals surface area contributed by atoms with Gasteiger partial charge in [0.2, 0.25) is 0 Å². The van der Waals surface area contributed by atoms with Crippen molar-refractivity contribution in [1.82, 2.24) is 15.0 Å². The first-order chi connectivity index (χ1) is 12.2. The zero-order valence-corrected chi connectivity index (χ0v) is 14.6. The monoisotopic (exact) mass is 338 g/mol. The molecule has 1 aliphatic heterocycles. The number of hydrogen-bond acceptors (Lipinski definition) is 6. The van der Waals surface area contributed by atoms with Gasteiger partial charge < -0.3 is 14.2 Å². The normalized spacial score (nSPS) is 15.7. The van der Waals surface area contributed by atoms with Crippen molar-refractivity contribution in [1.29, 1.82) is 0 Å². The highest BCUT2D eigenvalue weighted by Gasteiger charge is 2.19. The van der Waals surface area contributed by atoms with Crippen LogP contribution in [-0.2, 0) is 6.54 Å². The predicted octanol–water partition coefficient (Wildman–Crippen LogP) is 2.86. The van der Waals surface area contributed by atoms with Crippen LogP contribution in [0.5, 0.6) is 5.75 Å². The minimum atomic E-state index is 0.819. The number of ether oxygens (including phenoxy) is 1. The molecule has 25 heavy (non-hydrogen) atoms. The summed E-state index contributed by atoms with van der Waals surface area (Å²) in [5.74, 6) is 2.83. The molecule has 0 spiro atoms. The lowest BCUT2D eigenvalue weighted by Gasteiger charge is -2.34. The molecule has 0 radical (unpaired) electrons. The highest BCUT2D eigenvalue weighted by Crippen LogP contribution is 2.23. The van der Waals surface area contributed by atoms with Crippen LogP contribution in [0.2, 0.25) is 0 Å². The van der Waals surface area contributed by atoms with Crippen LogP contribution in [0.4, 0.5) is 5.82 Å². The number of rotatable bonds is 4. The first-order valence-electron chi connectivity index (χ1n) is 8.55. The minimum Gasteiger partial charge on any atom is -0.497 e. The maximum absolute atomic E-state index is 5.32. The average molecular weight is 338 g/mol. The van der Waals surface area contributed by atoms with Gasteiger partial charge in [0.05, 0.1) is 24.9 Å². The lowest BCUT2D eigenvalue weighted by molar-refractivity contribution is 0.219. The second-order valence-electron chi connectivity index (χ2n) is 6.43. The van der Waals surface area contributed by atoms with Crippen molar-refractivity contribution in [2.24, 2.45) is 0 Å². The third-order valence-electron chi connectivity index (χ3n) is 4.63. The van der Waals surface area contributed by atoms with Crippen molar-refractivity contribution in [3.8, 4) is 5.75 Å². The molecule has 130 valence electrons. The van der Waals surface area contributed by atoms with Gasteiger partial charge in [-0.15, -0.1) is 0 Å². The van der Waals surface area contributed by atoms with Crippen molar-refractivity contribution in [3.63, 3.8) is 0 Å². The molecule has 0 unspecified atom stereocenters. The summed E-state index contributed by atoms with van der Waals surface area (Å²) >= 11 is 0. The van der Waals surface area contributed by atoms with Gasteiger partial charge >= 0.3 is 0 Å². The van der Waals surface area contributed by atoms with Crippen LogP contribution in [0, 0.1) is 6.92 Å². The Morgan fingerprint density at radius 3 is 2.64 bits per heavy atom. The van der Waals surface area contributed by atoms with Gasteiger partial charge in [-0.3, -0.25) is 4.90 Å². The Balaban J connectivity index is 1.42. The molecular weight excluding hydrogens is 316 g/mol. The van der Waals surface area contributed by atoms with Gasteiger partial charge in [-0.25, -0.2) is 4.98 Å². The van der Waals surface area contributed by atoms with E-state index in [0.717, 1.165) is 66.6 Å². The molecule has 3 aromatic rings. The highest BCUT2D eigenvalue weighted by atomic mass is 16.5. The Morgan fingerprint density at radius 1 is 1.08 bits per heavy atom. The zero-order valence-electron chi connectivity index (χ0n) is 14.6. The van der Waals surface area contributed by atoms with E-state index in [1.807, 2.05) is 31.2 Å². The standard InChI is InChI=1S/C19H22N4O2/c1-14-11-17(25-21-14)13-22-7-9-23(10-8-22)19-6-3-15-12-16(24-2)4-5-18(15)20-19/h3-6,11-12H,7-10,13H2,1-2H3. The van der Waals surface area contributed by atoms with E-state index in [4.69, 9.17) is 14.2 Å². The first-order valence-corrected chi connectivity index (χ1v) is 8.55. The van der Waals surface area contributed by atoms with E-state index in [1.165, 1.54) is 0 Å². The largest absolute Gasteiger partial charge is 0.497 e. The van der Waals surface area contributed by atoms with E-state index in [-0.39, 0.29) is 0 Å². The van der Waals surface area contributed by atoms with Gasteiger partial charge in [-0.2, -0.15) is 0 Å². The number of aryl methyl sites for hydroxylation is 1. The van der Waals surface area contributed by atoms with E-state index in [0.29, 0.717) is 0 Å². The molecule has 3 heterocycles. The summed E-state index contributed by atoms with van der Waals surface area (Å²) in [5.41, 5.74) is 1.93. The molecular formula is C19H22N4O2. The summed E-state index contributed by atoms with van der Waals surface area (Å²) in [6.45, 7) is 6.67. The fraction of sp³-hybridized carbons (Fsp3) is 0.368. The van der Waals surface area contributed by atoms with Gasteiger partial charge in [0, 0.05) is 37.6 Å². The maximum Gasteiger partial charge on any atom is 0.150 e. The second kappa shape index (κ2) is 6.72. The van der Waals surface area contributed by atoms with Crippen LogP contribution < -0.4 is 9.64 Å². The Bertz CT molecular complexity index is 869. The van der Waals surface area contributed by atoms with Gasteiger partial charge in [0.15, 0.2) is 5.76 Å². The van der Waals surface area contributed by atoms with Crippen molar-refractivity contribution >= 4 is 16.7 Å². The second-order valence-corrected chi connectivity index (χ2v) is 6.43. The van der Waals surface area contributed by atoms with E-state index in [2.05, 4.69) is 27.1 Å². The van der Waals surface area contributed by atoms with Gasteiger partial charge in [-0.1, -0.05) is 5.16 Å². The number of methoxy groups -OCH3 is 1. The molecule has 0 bridgehead atoms. The summed E-state index contributed by atoms with van der Waals surface area (Å²) < 4.78 is 10.6. The number of pyridine rings is 1. The maximum atomic E-state index is 5.32. The molecule has 0 aliphatic carbocycles. The van der Waals surface area contributed by atoms with Crippen molar-refractivity contribution in [3.05, 3.63) is 47.9 Å². The summed E-state index contributed by atoms with van der Waals surface area (Å²) in [7, 11) is 1.68. The van der Waals surface area contributed by atoms with Crippen LogP contribution in [0.3, 0.4) is 0 Å². The molecule has 1 saturated heterocycles. The number of hydrogen-bond donors (Lipinski definition) is 0. The molecule has 1 aromatic carbocycles. The highest BCUT2D eigenvalue weighted by molar-refractivity contribution is 5.81. The summed E-state index contributed by atoms with van der Waals surface area (Å²) in [5, 5.41) is 5.05. The fourth-order valence-corrected chi connectivity index (χ4v) is 3.24. The molecule has 6 nitrogen and oxygen atoms in total. The number of fused-ring (bicyclic) bond motifs is 1. The van der Waals surface area contributed by atoms with Crippen LogP contribution in [0.15, 0.2) is 40.9 Å². The van der Waals surface area contributed by atoms with Crippen LogP contribution in [-0.4, -0.2) is 48.3 Å². The molecule has 6 heteroatoms. The topological polar surface area (TPSA) is 54.6 Å². The Labute approximate surface area is 147 Å². The minimum absolute atomic E-state index is 0.819. The molecule has 0 N–H and O–H groups in total. The van der Waals surface area contributed by atoms with Crippen LogP contribution in [0.25, 0.3) is 10.9 Å². The van der Waals surface area contributed by atoms with E-state index < -0.39 is 0 Å². The van der Waals surface area contributed by atoms with E-state index >= 15 is 0 Å². The third-order valence-corrected chi connectivity index (χ3v) is 4.63. The molecule has 0 amide bonds. The Hall–Kier alpha value is -2.60. The number of nitrogens with zero attached hydrogens (tertiary/aromatic N) is 4. The van der Waals surface area contributed by atoms with Gasteiger partial charge in [-0.05, 0) is 37.3 Å². The first kappa shape index (κ1) is 15.9. The number of aromatic nitrogens is 2. The average Bonchev–Trinajstić information content (AvgIpc) is 3.06. The number of anilines is 1. The summed E-state index contributed by atoms with van der Waals surface area (Å²) in [6.07, 6.45) is 0. The SMILES string of the molecule is COc1ccc2nc(N3CCN(Cc4cc(C)no4)CC3)ccc2c1. The zero-order chi connectivity index (χ0) is 17.2. The molecule has 1 aliphatic rings. The smallest absolute Gasteiger partial charge is 0.150 e. The van der Waals surface area contributed by atoms with Crippen LogP contribution in [0.1, 0.15) is 11.5 Å². The Kier molecular flexibility index (Phi) is 4.28. The lowest BCUT2D eigenvalue weighted by Crippen LogP contribution is -2.46. The van der Waals surface area contributed by atoms with Crippen molar-refractivity contribution < 1.29 is 9.26 Å². The third kappa shape index (κ3) is 3.44. The molecule has 0 saturated carbocycles. The molecule has 1 fully saturated rings. The van der Waals surface area contributed by atoms with Gasteiger partial charge in [0.1, 0.15) is 11.6 Å².